The lowest BCUT2D eigenvalue weighted by atomic mass is 10.1. The Bertz CT molecular complexity index is 291. The van der Waals surface area contributed by atoms with Gasteiger partial charge in [-0.3, -0.25) is 9.59 Å². The molecule has 1 fully saturated rings. The Hall–Kier alpha value is -1.06. The number of carbonyl (C=O) groups excluding carboxylic acids is 2. The van der Waals surface area contributed by atoms with E-state index in [2.05, 4.69) is 13.8 Å². The van der Waals surface area contributed by atoms with Crippen molar-refractivity contribution < 1.29 is 14.3 Å². The number of unbranched alkanes of at least 4 members (excludes halogenated alkanes) is 3. The Morgan fingerprint density at radius 3 is 2.78 bits per heavy atom. The standard InChI is InChI=1S/C14H25NO3/c1-4-5-6-7-8-11(2)15-10-12(9-13(15)16)14(17)18-3/h11-12H,4-10H2,1-3H3. The maximum atomic E-state index is 11.9. The number of likely N-dealkylation sites (tertiary alicyclic amines) is 1. The lowest BCUT2D eigenvalue weighted by molar-refractivity contribution is -0.145. The van der Waals surface area contributed by atoms with Gasteiger partial charge in [0.05, 0.1) is 13.0 Å². The smallest absolute Gasteiger partial charge is 0.310 e. The fourth-order valence-electron chi connectivity index (χ4n) is 2.50. The van der Waals surface area contributed by atoms with Gasteiger partial charge in [0.2, 0.25) is 5.91 Å². The van der Waals surface area contributed by atoms with Crippen LogP contribution in [0.25, 0.3) is 0 Å². The van der Waals surface area contributed by atoms with E-state index in [0.717, 1.165) is 12.8 Å². The van der Waals surface area contributed by atoms with E-state index in [1.807, 2.05) is 4.90 Å². The van der Waals surface area contributed by atoms with Crippen LogP contribution >= 0.6 is 0 Å². The highest BCUT2D eigenvalue weighted by Gasteiger charge is 2.36. The molecule has 0 aromatic carbocycles. The van der Waals surface area contributed by atoms with Crippen molar-refractivity contribution in [3.63, 3.8) is 0 Å². The van der Waals surface area contributed by atoms with E-state index in [4.69, 9.17) is 4.74 Å². The monoisotopic (exact) mass is 255 g/mol. The van der Waals surface area contributed by atoms with Crippen LogP contribution in [0.2, 0.25) is 0 Å². The minimum absolute atomic E-state index is 0.0911. The first kappa shape index (κ1) is 15.0. The molecule has 0 N–H and O–H groups in total. The molecule has 0 saturated carbocycles. The van der Waals surface area contributed by atoms with Crippen molar-refractivity contribution in [3.8, 4) is 0 Å². The zero-order valence-electron chi connectivity index (χ0n) is 11.8. The summed E-state index contributed by atoms with van der Waals surface area (Å²) in [5.41, 5.74) is 0. The molecule has 18 heavy (non-hydrogen) atoms. The van der Waals surface area contributed by atoms with Crippen LogP contribution in [0.3, 0.4) is 0 Å². The average Bonchev–Trinajstić information content (AvgIpc) is 2.75. The molecule has 1 aliphatic heterocycles. The number of amides is 1. The highest BCUT2D eigenvalue weighted by molar-refractivity contribution is 5.86. The van der Waals surface area contributed by atoms with Crippen molar-refractivity contribution in [1.82, 2.24) is 4.90 Å². The van der Waals surface area contributed by atoms with Crippen LogP contribution in [0.15, 0.2) is 0 Å². The van der Waals surface area contributed by atoms with Gasteiger partial charge in [-0.15, -0.1) is 0 Å². The van der Waals surface area contributed by atoms with Crippen molar-refractivity contribution >= 4 is 11.9 Å². The van der Waals surface area contributed by atoms with Gasteiger partial charge >= 0.3 is 5.97 Å². The largest absolute Gasteiger partial charge is 0.469 e. The van der Waals surface area contributed by atoms with E-state index >= 15 is 0 Å². The van der Waals surface area contributed by atoms with Crippen molar-refractivity contribution in [2.75, 3.05) is 13.7 Å². The molecule has 1 heterocycles. The Kier molecular flexibility index (Phi) is 6.16. The number of hydrogen-bond donors (Lipinski definition) is 0. The van der Waals surface area contributed by atoms with E-state index in [-0.39, 0.29) is 23.8 Å². The van der Waals surface area contributed by atoms with Gasteiger partial charge in [0.1, 0.15) is 0 Å². The molecule has 0 aromatic heterocycles. The van der Waals surface area contributed by atoms with Crippen LogP contribution in [0, 0.1) is 5.92 Å². The van der Waals surface area contributed by atoms with E-state index < -0.39 is 0 Å². The van der Waals surface area contributed by atoms with Crippen LogP contribution in [0.1, 0.15) is 52.4 Å². The molecule has 2 atom stereocenters. The molecule has 0 aliphatic carbocycles. The molecule has 0 aromatic rings. The summed E-state index contributed by atoms with van der Waals surface area (Å²) in [6, 6.07) is 0.240. The number of ether oxygens (including phenoxy) is 1. The molecule has 1 aliphatic rings. The molecule has 1 saturated heterocycles. The predicted molar refractivity (Wildman–Crippen MR) is 70.1 cm³/mol. The van der Waals surface area contributed by atoms with Gasteiger partial charge in [-0.1, -0.05) is 32.6 Å². The van der Waals surface area contributed by atoms with E-state index in [9.17, 15) is 9.59 Å². The van der Waals surface area contributed by atoms with Crippen molar-refractivity contribution in [3.05, 3.63) is 0 Å². The first-order valence-electron chi connectivity index (χ1n) is 6.97. The summed E-state index contributed by atoms with van der Waals surface area (Å²) in [5, 5.41) is 0. The molecule has 0 bridgehead atoms. The van der Waals surface area contributed by atoms with Crippen molar-refractivity contribution in [2.45, 2.75) is 58.4 Å². The summed E-state index contributed by atoms with van der Waals surface area (Å²) < 4.78 is 4.71. The summed E-state index contributed by atoms with van der Waals surface area (Å²) in [4.78, 5) is 25.1. The first-order valence-corrected chi connectivity index (χ1v) is 6.97. The second kappa shape index (κ2) is 7.39. The maximum Gasteiger partial charge on any atom is 0.310 e. The van der Waals surface area contributed by atoms with E-state index in [1.165, 1.54) is 26.4 Å². The van der Waals surface area contributed by atoms with Gasteiger partial charge < -0.3 is 9.64 Å². The van der Waals surface area contributed by atoms with Crippen LogP contribution in [-0.4, -0.2) is 36.5 Å². The molecular weight excluding hydrogens is 230 g/mol. The molecule has 4 heteroatoms. The summed E-state index contributed by atoms with van der Waals surface area (Å²) in [6.07, 6.45) is 6.20. The summed E-state index contributed by atoms with van der Waals surface area (Å²) >= 11 is 0. The molecule has 1 amide bonds. The maximum absolute atomic E-state index is 11.9. The van der Waals surface area contributed by atoms with Gasteiger partial charge in [-0.2, -0.15) is 0 Å². The Morgan fingerprint density at radius 2 is 2.17 bits per heavy atom. The first-order chi connectivity index (χ1) is 8.60. The minimum Gasteiger partial charge on any atom is -0.469 e. The molecule has 4 nitrogen and oxygen atoms in total. The highest BCUT2D eigenvalue weighted by Crippen LogP contribution is 2.23. The lowest BCUT2D eigenvalue weighted by Gasteiger charge is -2.24. The molecule has 0 radical (unpaired) electrons. The van der Waals surface area contributed by atoms with Gasteiger partial charge in [-0.05, 0) is 13.3 Å². The third-order valence-corrected chi connectivity index (χ3v) is 3.70. The number of methoxy groups -OCH3 is 1. The van der Waals surface area contributed by atoms with E-state index in [0.29, 0.717) is 13.0 Å². The fourth-order valence-corrected chi connectivity index (χ4v) is 2.50. The molecule has 1 rings (SSSR count). The number of nitrogens with zero attached hydrogens (tertiary/aromatic N) is 1. The van der Waals surface area contributed by atoms with Crippen LogP contribution in [0.5, 0.6) is 0 Å². The van der Waals surface area contributed by atoms with Gasteiger partial charge in [0.25, 0.3) is 0 Å². The predicted octanol–water partition coefficient (Wildman–Crippen LogP) is 2.37. The Balaban J connectivity index is 2.37. The molecule has 2 unspecified atom stereocenters. The van der Waals surface area contributed by atoms with Crippen LogP contribution < -0.4 is 0 Å². The van der Waals surface area contributed by atoms with Crippen molar-refractivity contribution in [2.24, 2.45) is 5.92 Å². The topological polar surface area (TPSA) is 46.6 Å². The number of esters is 1. The minimum atomic E-state index is -0.263. The molecule has 104 valence electrons. The summed E-state index contributed by atoms with van der Waals surface area (Å²) in [7, 11) is 1.38. The van der Waals surface area contributed by atoms with Gasteiger partial charge in [-0.25, -0.2) is 0 Å². The third-order valence-electron chi connectivity index (χ3n) is 3.70. The van der Waals surface area contributed by atoms with Crippen molar-refractivity contribution in [1.29, 1.82) is 0 Å². The zero-order valence-corrected chi connectivity index (χ0v) is 11.8. The van der Waals surface area contributed by atoms with Gasteiger partial charge in [0, 0.05) is 19.0 Å². The SMILES string of the molecule is CCCCCCC(C)N1CC(C(=O)OC)CC1=O. The lowest BCUT2D eigenvalue weighted by Crippen LogP contribution is -2.35. The second-order valence-corrected chi connectivity index (χ2v) is 5.17. The zero-order chi connectivity index (χ0) is 13.5. The third kappa shape index (κ3) is 4.00. The molecule has 0 spiro atoms. The molecular formula is C14H25NO3. The Morgan fingerprint density at radius 1 is 1.44 bits per heavy atom. The van der Waals surface area contributed by atoms with Gasteiger partial charge in [0.15, 0.2) is 0 Å². The van der Waals surface area contributed by atoms with Crippen LogP contribution in [-0.2, 0) is 14.3 Å². The average molecular weight is 255 g/mol. The highest BCUT2D eigenvalue weighted by atomic mass is 16.5. The quantitative estimate of drug-likeness (QED) is 0.518. The second-order valence-electron chi connectivity index (χ2n) is 5.17. The summed E-state index contributed by atoms with van der Waals surface area (Å²) in [6.45, 7) is 4.79. The Labute approximate surface area is 110 Å². The number of rotatable bonds is 7. The van der Waals surface area contributed by atoms with Crippen LogP contribution in [0.4, 0.5) is 0 Å². The normalized spacial score (nSPS) is 21.2. The number of carbonyl (C=O) groups is 2. The summed E-state index contributed by atoms with van der Waals surface area (Å²) in [5.74, 6) is -0.432. The van der Waals surface area contributed by atoms with E-state index in [1.54, 1.807) is 0 Å². The number of hydrogen-bond acceptors (Lipinski definition) is 3. The fraction of sp³-hybridized carbons (Fsp3) is 0.857.